The van der Waals surface area contributed by atoms with Crippen LogP contribution in [0.15, 0.2) is 53.4 Å². The summed E-state index contributed by atoms with van der Waals surface area (Å²) in [5.74, 6) is -0.353. The highest BCUT2D eigenvalue weighted by atomic mass is 35.5. The molecule has 1 N–H and O–H groups in total. The molecular formula is C19H23ClN2O3S. The molecule has 0 aromatic heterocycles. The first-order valence-electron chi connectivity index (χ1n) is 8.46. The monoisotopic (exact) mass is 394 g/mol. The van der Waals surface area contributed by atoms with Crippen LogP contribution in [0.25, 0.3) is 0 Å². The summed E-state index contributed by atoms with van der Waals surface area (Å²) in [5.41, 5.74) is 1.22. The minimum Gasteiger partial charge on any atom is -0.346 e. The zero-order chi connectivity index (χ0) is 19.3. The van der Waals surface area contributed by atoms with E-state index in [2.05, 4.69) is 5.32 Å². The van der Waals surface area contributed by atoms with Crippen LogP contribution in [-0.2, 0) is 10.0 Å². The van der Waals surface area contributed by atoms with E-state index >= 15 is 0 Å². The average molecular weight is 395 g/mol. The van der Waals surface area contributed by atoms with Gasteiger partial charge >= 0.3 is 0 Å². The third kappa shape index (κ3) is 4.44. The van der Waals surface area contributed by atoms with Crippen LogP contribution in [0.3, 0.4) is 0 Å². The SMILES string of the molecule is CCN(CC)S(=O)(=O)c1cc(C(=O)NC(C)c2ccccc2)ccc1Cl. The van der Waals surface area contributed by atoms with E-state index in [-0.39, 0.29) is 27.4 Å². The van der Waals surface area contributed by atoms with Crippen molar-refractivity contribution in [3.63, 3.8) is 0 Å². The van der Waals surface area contributed by atoms with E-state index in [1.807, 2.05) is 37.3 Å². The number of nitrogens with zero attached hydrogens (tertiary/aromatic N) is 1. The van der Waals surface area contributed by atoms with E-state index in [1.165, 1.54) is 22.5 Å². The minimum atomic E-state index is -3.75. The van der Waals surface area contributed by atoms with E-state index in [0.717, 1.165) is 5.56 Å². The van der Waals surface area contributed by atoms with E-state index in [1.54, 1.807) is 13.8 Å². The standard InChI is InChI=1S/C19H23ClN2O3S/c1-4-22(5-2)26(24,25)18-13-16(11-12-17(18)20)19(23)21-14(3)15-9-7-6-8-10-15/h6-14H,4-5H2,1-3H3,(H,21,23). The number of sulfonamides is 1. The Morgan fingerprint density at radius 2 is 1.73 bits per heavy atom. The fourth-order valence-corrected chi connectivity index (χ4v) is 4.61. The first-order chi connectivity index (χ1) is 12.3. The second kappa shape index (κ2) is 8.66. The molecule has 0 heterocycles. The van der Waals surface area contributed by atoms with Crippen LogP contribution in [0.4, 0.5) is 0 Å². The van der Waals surface area contributed by atoms with Crippen molar-refractivity contribution < 1.29 is 13.2 Å². The zero-order valence-electron chi connectivity index (χ0n) is 15.1. The largest absolute Gasteiger partial charge is 0.346 e. The molecule has 1 amide bonds. The van der Waals surface area contributed by atoms with Crippen molar-refractivity contribution >= 4 is 27.5 Å². The number of benzene rings is 2. The summed E-state index contributed by atoms with van der Waals surface area (Å²) in [4.78, 5) is 12.5. The molecule has 2 aromatic rings. The summed E-state index contributed by atoms with van der Waals surface area (Å²) >= 11 is 6.11. The van der Waals surface area contributed by atoms with Gasteiger partial charge < -0.3 is 5.32 Å². The highest BCUT2D eigenvalue weighted by molar-refractivity contribution is 7.89. The fourth-order valence-electron chi connectivity index (χ4n) is 2.65. The van der Waals surface area contributed by atoms with Crippen LogP contribution in [0.2, 0.25) is 5.02 Å². The minimum absolute atomic E-state index is 0.0529. The second-order valence-electron chi connectivity index (χ2n) is 5.84. The smallest absolute Gasteiger partial charge is 0.251 e. The molecule has 0 aliphatic rings. The Kier molecular flexibility index (Phi) is 6.81. The third-order valence-corrected chi connectivity index (χ3v) is 6.70. The van der Waals surface area contributed by atoms with Crippen molar-refractivity contribution in [2.45, 2.75) is 31.7 Å². The van der Waals surface area contributed by atoms with Crippen LogP contribution in [-0.4, -0.2) is 31.7 Å². The highest BCUT2D eigenvalue weighted by Crippen LogP contribution is 2.26. The van der Waals surface area contributed by atoms with Crippen molar-refractivity contribution in [2.75, 3.05) is 13.1 Å². The van der Waals surface area contributed by atoms with E-state index in [0.29, 0.717) is 13.1 Å². The molecule has 0 radical (unpaired) electrons. The Balaban J connectivity index is 2.30. The molecule has 1 unspecified atom stereocenters. The average Bonchev–Trinajstić information content (AvgIpc) is 2.63. The van der Waals surface area contributed by atoms with Gasteiger partial charge in [-0.3, -0.25) is 4.79 Å². The van der Waals surface area contributed by atoms with Crippen LogP contribution >= 0.6 is 11.6 Å². The fraction of sp³-hybridized carbons (Fsp3) is 0.316. The van der Waals surface area contributed by atoms with Gasteiger partial charge in [0, 0.05) is 18.7 Å². The topological polar surface area (TPSA) is 66.5 Å². The van der Waals surface area contributed by atoms with Gasteiger partial charge in [-0.15, -0.1) is 0 Å². The first-order valence-corrected chi connectivity index (χ1v) is 10.3. The van der Waals surface area contributed by atoms with Crippen LogP contribution in [0.1, 0.15) is 42.7 Å². The molecule has 1 atom stereocenters. The van der Waals surface area contributed by atoms with Gasteiger partial charge in [0.2, 0.25) is 10.0 Å². The van der Waals surface area contributed by atoms with E-state index in [4.69, 9.17) is 11.6 Å². The van der Waals surface area contributed by atoms with Crippen molar-refractivity contribution in [3.05, 3.63) is 64.7 Å². The molecule has 0 bridgehead atoms. The summed E-state index contributed by atoms with van der Waals surface area (Å²) in [6, 6.07) is 13.6. The van der Waals surface area contributed by atoms with Crippen molar-refractivity contribution in [1.82, 2.24) is 9.62 Å². The quantitative estimate of drug-likeness (QED) is 0.775. The van der Waals surface area contributed by atoms with Gasteiger partial charge in [-0.05, 0) is 30.7 Å². The van der Waals surface area contributed by atoms with Gasteiger partial charge in [-0.1, -0.05) is 55.8 Å². The Hall–Kier alpha value is -1.89. The molecule has 0 saturated heterocycles. The maximum Gasteiger partial charge on any atom is 0.251 e. The van der Waals surface area contributed by atoms with Gasteiger partial charge in [0.15, 0.2) is 0 Å². The van der Waals surface area contributed by atoms with Gasteiger partial charge in [0.25, 0.3) is 5.91 Å². The van der Waals surface area contributed by atoms with Gasteiger partial charge in [0.05, 0.1) is 11.1 Å². The summed E-state index contributed by atoms with van der Waals surface area (Å²) in [5, 5.41) is 2.98. The summed E-state index contributed by atoms with van der Waals surface area (Å²) < 4.78 is 26.8. The molecule has 7 heteroatoms. The molecule has 0 spiro atoms. The molecule has 140 valence electrons. The predicted octanol–water partition coefficient (Wildman–Crippen LogP) is 3.86. The molecule has 26 heavy (non-hydrogen) atoms. The van der Waals surface area contributed by atoms with Crippen LogP contribution < -0.4 is 5.32 Å². The van der Waals surface area contributed by atoms with Gasteiger partial charge in [-0.25, -0.2) is 8.42 Å². The molecule has 0 aliphatic carbocycles. The normalized spacial score (nSPS) is 12.8. The number of carbonyl (C=O) groups is 1. The van der Waals surface area contributed by atoms with Crippen LogP contribution in [0, 0.1) is 0 Å². The first kappa shape index (κ1) is 20.4. The zero-order valence-corrected chi connectivity index (χ0v) is 16.6. The van der Waals surface area contributed by atoms with E-state index < -0.39 is 10.0 Å². The maximum atomic E-state index is 12.7. The number of amides is 1. The lowest BCUT2D eigenvalue weighted by Gasteiger charge is -2.20. The number of halogens is 1. The van der Waals surface area contributed by atoms with Crippen molar-refractivity contribution in [2.24, 2.45) is 0 Å². The van der Waals surface area contributed by atoms with Crippen molar-refractivity contribution in [3.8, 4) is 0 Å². The highest BCUT2D eigenvalue weighted by Gasteiger charge is 2.25. The maximum absolute atomic E-state index is 12.7. The lowest BCUT2D eigenvalue weighted by Crippen LogP contribution is -2.31. The Morgan fingerprint density at radius 1 is 1.12 bits per heavy atom. The van der Waals surface area contributed by atoms with Gasteiger partial charge in [-0.2, -0.15) is 4.31 Å². The molecular weight excluding hydrogens is 372 g/mol. The molecule has 2 aromatic carbocycles. The number of rotatable bonds is 7. The predicted molar refractivity (Wildman–Crippen MR) is 104 cm³/mol. The number of nitrogens with one attached hydrogen (secondary N) is 1. The molecule has 2 rings (SSSR count). The van der Waals surface area contributed by atoms with Crippen molar-refractivity contribution in [1.29, 1.82) is 0 Å². The Labute approximate surface area is 160 Å². The molecule has 0 fully saturated rings. The molecule has 0 saturated carbocycles. The molecule has 5 nitrogen and oxygen atoms in total. The lowest BCUT2D eigenvalue weighted by atomic mass is 10.1. The Bertz CT molecular complexity index is 866. The number of hydrogen-bond donors (Lipinski definition) is 1. The van der Waals surface area contributed by atoms with Crippen LogP contribution in [0.5, 0.6) is 0 Å². The van der Waals surface area contributed by atoms with Gasteiger partial charge in [0.1, 0.15) is 4.90 Å². The second-order valence-corrected chi connectivity index (χ2v) is 8.15. The third-order valence-electron chi connectivity index (χ3n) is 4.16. The summed E-state index contributed by atoms with van der Waals surface area (Å²) in [6.45, 7) is 6.05. The Morgan fingerprint density at radius 3 is 2.31 bits per heavy atom. The lowest BCUT2D eigenvalue weighted by molar-refractivity contribution is 0.0939. The number of hydrogen-bond acceptors (Lipinski definition) is 3. The summed E-state index contributed by atoms with van der Waals surface area (Å²) in [6.07, 6.45) is 0. The number of carbonyl (C=O) groups excluding carboxylic acids is 1. The summed E-state index contributed by atoms with van der Waals surface area (Å²) in [7, 11) is -3.75. The van der Waals surface area contributed by atoms with E-state index in [9.17, 15) is 13.2 Å². The molecule has 0 aliphatic heterocycles.